The molecule has 0 aromatic carbocycles. The summed E-state index contributed by atoms with van der Waals surface area (Å²) in [6.07, 6.45) is 2.69. The van der Waals surface area contributed by atoms with Gasteiger partial charge in [-0.05, 0) is 37.8 Å². The van der Waals surface area contributed by atoms with Gasteiger partial charge < -0.3 is 5.73 Å². The zero-order valence-electron chi connectivity index (χ0n) is 8.92. The van der Waals surface area contributed by atoms with Crippen LogP contribution in [0.25, 0.3) is 0 Å². The van der Waals surface area contributed by atoms with E-state index in [4.69, 9.17) is 5.73 Å². The maximum absolute atomic E-state index is 5.54. The van der Waals surface area contributed by atoms with Crippen LogP contribution < -0.4 is 5.73 Å². The van der Waals surface area contributed by atoms with Crippen molar-refractivity contribution in [3.8, 4) is 0 Å². The fraction of sp³-hybridized carbons (Fsp3) is 0.818. The molecule has 1 heterocycles. The number of hydrogen-bond acceptors (Lipinski definition) is 2. The van der Waals surface area contributed by atoms with Gasteiger partial charge >= 0.3 is 0 Å². The molecule has 0 bridgehead atoms. The van der Waals surface area contributed by atoms with Gasteiger partial charge in [0.1, 0.15) is 0 Å². The SMILES string of the molecule is C=C(CN)CN1CCCC(C)C1C. The van der Waals surface area contributed by atoms with Crippen LogP contribution in [0.2, 0.25) is 0 Å². The van der Waals surface area contributed by atoms with E-state index in [0.29, 0.717) is 12.6 Å². The molecule has 0 saturated carbocycles. The smallest absolute Gasteiger partial charge is 0.0205 e. The van der Waals surface area contributed by atoms with Crippen LogP contribution in [-0.4, -0.2) is 30.6 Å². The first kappa shape index (κ1) is 10.7. The van der Waals surface area contributed by atoms with Crippen molar-refractivity contribution in [3.63, 3.8) is 0 Å². The first-order chi connectivity index (χ1) is 6.15. The Labute approximate surface area is 81.8 Å². The van der Waals surface area contributed by atoms with Crippen molar-refractivity contribution >= 4 is 0 Å². The molecule has 1 fully saturated rings. The van der Waals surface area contributed by atoms with Crippen LogP contribution >= 0.6 is 0 Å². The molecule has 2 atom stereocenters. The van der Waals surface area contributed by atoms with E-state index in [1.807, 2.05) is 0 Å². The molecule has 0 radical (unpaired) electrons. The lowest BCUT2D eigenvalue weighted by Crippen LogP contribution is -2.43. The molecular weight excluding hydrogens is 160 g/mol. The summed E-state index contributed by atoms with van der Waals surface area (Å²) < 4.78 is 0. The van der Waals surface area contributed by atoms with Gasteiger partial charge in [0.05, 0.1) is 0 Å². The molecule has 76 valence electrons. The topological polar surface area (TPSA) is 29.3 Å². The van der Waals surface area contributed by atoms with Crippen LogP contribution in [0.15, 0.2) is 12.2 Å². The zero-order valence-corrected chi connectivity index (χ0v) is 8.92. The van der Waals surface area contributed by atoms with Gasteiger partial charge in [-0.15, -0.1) is 0 Å². The molecule has 2 N–H and O–H groups in total. The highest BCUT2D eigenvalue weighted by Gasteiger charge is 2.24. The van der Waals surface area contributed by atoms with E-state index < -0.39 is 0 Å². The van der Waals surface area contributed by atoms with Crippen LogP contribution in [0.3, 0.4) is 0 Å². The Hall–Kier alpha value is -0.340. The van der Waals surface area contributed by atoms with E-state index >= 15 is 0 Å². The van der Waals surface area contributed by atoms with E-state index in [0.717, 1.165) is 18.0 Å². The molecule has 2 heteroatoms. The van der Waals surface area contributed by atoms with Gasteiger partial charge in [0, 0.05) is 19.1 Å². The van der Waals surface area contributed by atoms with E-state index in [1.165, 1.54) is 19.4 Å². The highest BCUT2D eigenvalue weighted by molar-refractivity contribution is 5.00. The van der Waals surface area contributed by atoms with Gasteiger partial charge in [-0.2, -0.15) is 0 Å². The summed E-state index contributed by atoms with van der Waals surface area (Å²) in [5, 5.41) is 0. The number of hydrogen-bond donors (Lipinski definition) is 1. The van der Waals surface area contributed by atoms with E-state index in [9.17, 15) is 0 Å². The molecule has 0 spiro atoms. The first-order valence-electron chi connectivity index (χ1n) is 5.26. The second-order valence-electron chi connectivity index (χ2n) is 4.28. The lowest BCUT2D eigenvalue weighted by atomic mass is 9.92. The first-order valence-corrected chi connectivity index (χ1v) is 5.26. The molecular formula is C11H22N2. The number of rotatable bonds is 3. The van der Waals surface area contributed by atoms with Gasteiger partial charge in [0.2, 0.25) is 0 Å². The number of nitrogens with zero attached hydrogens (tertiary/aromatic N) is 1. The van der Waals surface area contributed by atoms with Crippen LogP contribution in [0.1, 0.15) is 26.7 Å². The molecule has 1 aliphatic rings. The van der Waals surface area contributed by atoms with Crippen LogP contribution in [0.5, 0.6) is 0 Å². The lowest BCUT2D eigenvalue weighted by Gasteiger charge is -2.38. The number of likely N-dealkylation sites (tertiary alicyclic amines) is 1. The standard InChI is InChI=1S/C11H22N2/c1-9(7-12)8-13-6-4-5-10(2)11(13)3/h10-11H,1,4-8,12H2,2-3H3. The van der Waals surface area contributed by atoms with Crippen LogP contribution in [0.4, 0.5) is 0 Å². The van der Waals surface area contributed by atoms with E-state index in [2.05, 4.69) is 25.3 Å². The Morgan fingerprint density at radius 2 is 2.23 bits per heavy atom. The fourth-order valence-electron chi connectivity index (χ4n) is 2.00. The van der Waals surface area contributed by atoms with Crippen molar-refractivity contribution in [1.82, 2.24) is 4.90 Å². The third-order valence-corrected chi connectivity index (χ3v) is 3.22. The monoisotopic (exact) mass is 182 g/mol. The normalized spacial score (nSPS) is 30.4. The third-order valence-electron chi connectivity index (χ3n) is 3.22. The van der Waals surface area contributed by atoms with Crippen molar-refractivity contribution in [1.29, 1.82) is 0 Å². The van der Waals surface area contributed by atoms with Crippen molar-refractivity contribution < 1.29 is 0 Å². The molecule has 0 aliphatic carbocycles. The van der Waals surface area contributed by atoms with Crippen molar-refractivity contribution in [2.24, 2.45) is 11.7 Å². The number of nitrogens with two attached hydrogens (primary N) is 1. The quantitative estimate of drug-likeness (QED) is 0.672. The molecule has 2 unspecified atom stereocenters. The molecule has 2 nitrogen and oxygen atoms in total. The maximum Gasteiger partial charge on any atom is 0.0205 e. The maximum atomic E-state index is 5.54. The van der Waals surface area contributed by atoms with Crippen LogP contribution in [0, 0.1) is 5.92 Å². The summed E-state index contributed by atoms with van der Waals surface area (Å²) in [4.78, 5) is 2.50. The fourth-order valence-corrected chi connectivity index (χ4v) is 2.00. The van der Waals surface area contributed by atoms with Crippen molar-refractivity contribution in [3.05, 3.63) is 12.2 Å². The minimum atomic E-state index is 0.623. The summed E-state index contributed by atoms with van der Waals surface area (Å²) in [6, 6.07) is 0.692. The van der Waals surface area contributed by atoms with Crippen molar-refractivity contribution in [2.45, 2.75) is 32.7 Å². The zero-order chi connectivity index (χ0) is 9.84. The minimum absolute atomic E-state index is 0.623. The van der Waals surface area contributed by atoms with Crippen molar-refractivity contribution in [2.75, 3.05) is 19.6 Å². The Kier molecular flexibility index (Phi) is 3.94. The third kappa shape index (κ3) is 2.82. The second-order valence-corrected chi connectivity index (χ2v) is 4.28. The van der Waals surface area contributed by atoms with Gasteiger partial charge in [-0.1, -0.05) is 13.5 Å². The summed E-state index contributed by atoms with van der Waals surface area (Å²) in [6.45, 7) is 11.4. The molecule has 13 heavy (non-hydrogen) atoms. The number of piperidine rings is 1. The van der Waals surface area contributed by atoms with Gasteiger partial charge in [-0.3, -0.25) is 4.90 Å². The Bertz CT molecular complexity index is 177. The Morgan fingerprint density at radius 1 is 1.54 bits per heavy atom. The van der Waals surface area contributed by atoms with Gasteiger partial charge in [0.15, 0.2) is 0 Å². The Balaban J connectivity index is 2.43. The molecule has 1 saturated heterocycles. The molecule has 1 rings (SSSR count). The average Bonchev–Trinajstić information content (AvgIpc) is 2.13. The molecule has 0 amide bonds. The summed E-state index contributed by atoms with van der Waals surface area (Å²) in [5.74, 6) is 0.819. The highest BCUT2D eigenvalue weighted by Crippen LogP contribution is 2.22. The predicted octanol–water partition coefficient (Wildman–Crippen LogP) is 1.62. The van der Waals surface area contributed by atoms with E-state index in [1.54, 1.807) is 0 Å². The van der Waals surface area contributed by atoms with E-state index in [-0.39, 0.29) is 0 Å². The molecule has 0 aromatic heterocycles. The van der Waals surface area contributed by atoms with Gasteiger partial charge in [0.25, 0.3) is 0 Å². The largest absolute Gasteiger partial charge is 0.327 e. The minimum Gasteiger partial charge on any atom is -0.327 e. The average molecular weight is 182 g/mol. The summed E-state index contributed by atoms with van der Waals surface area (Å²) in [7, 11) is 0. The summed E-state index contributed by atoms with van der Waals surface area (Å²) in [5.41, 5.74) is 6.70. The highest BCUT2D eigenvalue weighted by atomic mass is 15.2. The van der Waals surface area contributed by atoms with Crippen LogP contribution in [-0.2, 0) is 0 Å². The second kappa shape index (κ2) is 4.77. The Morgan fingerprint density at radius 3 is 2.85 bits per heavy atom. The molecule has 0 aromatic rings. The molecule has 1 aliphatic heterocycles. The van der Waals surface area contributed by atoms with Gasteiger partial charge in [-0.25, -0.2) is 0 Å². The lowest BCUT2D eigenvalue weighted by molar-refractivity contribution is 0.125. The predicted molar refractivity (Wildman–Crippen MR) is 57.6 cm³/mol. The summed E-state index contributed by atoms with van der Waals surface area (Å²) >= 11 is 0.